The molecule has 3 atom stereocenters. The van der Waals surface area contributed by atoms with Gasteiger partial charge >= 0.3 is 0 Å². The summed E-state index contributed by atoms with van der Waals surface area (Å²) in [5.74, 6) is 3.77. The van der Waals surface area contributed by atoms with E-state index < -0.39 is 0 Å². The minimum atomic E-state index is 0.285. The van der Waals surface area contributed by atoms with E-state index in [1.54, 1.807) is 7.11 Å². The van der Waals surface area contributed by atoms with Crippen LogP contribution in [0.4, 0.5) is 0 Å². The second-order valence-electron chi connectivity index (χ2n) is 6.82. The number of methoxy groups -OCH3 is 1. The van der Waals surface area contributed by atoms with E-state index in [9.17, 15) is 0 Å². The van der Waals surface area contributed by atoms with Crippen LogP contribution in [-0.4, -0.2) is 19.8 Å². The number of hydrogen-bond acceptors (Lipinski definition) is 3. The van der Waals surface area contributed by atoms with Crippen LogP contribution in [0.15, 0.2) is 12.1 Å². The number of hydrogen-bond donors (Lipinski definition) is 1. The van der Waals surface area contributed by atoms with Crippen LogP contribution < -0.4 is 14.8 Å². The lowest BCUT2D eigenvalue weighted by molar-refractivity contribution is 0.254. The molecule has 3 unspecified atom stereocenters. The zero-order chi connectivity index (χ0) is 14.8. The van der Waals surface area contributed by atoms with E-state index >= 15 is 0 Å². The van der Waals surface area contributed by atoms with Gasteiger partial charge in [-0.2, -0.15) is 0 Å². The molecule has 116 valence electrons. The normalized spacial score (nSPS) is 27.5. The summed E-state index contributed by atoms with van der Waals surface area (Å²) < 4.78 is 11.4. The summed E-state index contributed by atoms with van der Waals surface area (Å²) in [4.78, 5) is 0. The Hall–Kier alpha value is -1.22. The Balaban J connectivity index is 1.61. The van der Waals surface area contributed by atoms with Gasteiger partial charge < -0.3 is 14.8 Å². The molecule has 1 fully saturated rings. The van der Waals surface area contributed by atoms with Crippen molar-refractivity contribution in [3.63, 3.8) is 0 Å². The predicted molar refractivity (Wildman–Crippen MR) is 85.0 cm³/mol. The monoisotopic (exact) mass is 289 g/mol. The molecule has 21 heavy (non-hydrogen) atoms. The first kappa shape index (κ1) is 14.7. The summed E-state index contributed by atoms with van der Waals surface area (Å²) in [6, 6.07) is 4.30. The highest BCUT2D eigenvalue weighted by Crippen LogP contribution is 2.35. The molecule has 1 aromatic carbocycles. The van der Waals surface area contributed by atoms with Gasteiger partial charge in [-0.3, -0.25) is 0 Å². The van der Waals surface area contributed by atoms with Gasteiger partial charge in [0, 0.05) is 24.1 Å². The maximum Gasteiger partial charge on any atom is 0.123 e. The van der Waals surface area contributed by atoms with Gasteiger partial charge in [0.05, 0.1) is 7.11 Å². The molecule has 1 aliphatic heterocycles. The largest absolute Gasteiger partial charge is 0.496 e. The minimum absolute atomic E-state index is 0.285. The van der Waals surface area contributed by atoms with Crippen LogP contribution in [0.25, 0.3) is 0 Å². The average Bonchev–Trinajstić information content (AvgIpc) is 3.02. The fourth-order valence-electron chi connectivity index (χ4n) is 3.73. The lowest BCUT2D eigenvalue weighted by Crippen LogP contribution is -2.21. The SMILES string of the molecule is COc1cc2c(cc1CNCC1CCC(C)C1)OC(C)C2. The van der Waals surface area contributed by atoms with Crippen molar-refractivity contribution in [2.75, 3.05) is 13.7 Å². The molecular formula is C18H27NO2. The van der Waals surface area contributed by atoms with Gasteiger partial charge in [-0.05, 0) is 50.3 Å². The van der Waals surface area contributed by atoms with E-state index in [1.807, 2.05) is 0 Å². The van der Waals surface area contributed by atoms with Crippen molar-refractivity contribution in [2.24, 2.45) is 11.8 Å². The Bertz CT molecular complexity index is 500. The highest BCUT2D eigenvalue weighted by Gasteiger charge is 2.23. The molecule has 2 aliphatic rings. The number of benzene rings is 1. The topological polar surface area (TPSA) is 30.5 Å². The van der Waals surface area contributed by atoms with Crippen LogP contribution in [-0.2, 0) is 13.0 Å². The van der Waals surface area contributed by atoms with Crippen LogP contribution in [0.3, 0.4) is 0 Å². The maximum absolute atomic E-state index is 5.86. The van der Waals surface area contributed by atoms with Crippen molar-refractivity contribution in [2.45, 2.75) is 52.2 Å². The van der Waals surface area contributed by atoms with E-state index in [0.717, 1.165) is 42.8 Å². The highest BCUT2D eigenvalue weighted by molar-refractivity contribution is 5.48. The summed E-state index contributed by atoms with van der Waals surface area (Å²) in [5, 5.41) is 3.61. The van der Waals surface area contributed by atoms with Gasteiger partial charge in [0.2, 0.25) is 0 Å². The van der Waals surface area contributed by atoms with E-state index in [2.05, 4.69) is 31.3 Å². The standard InChI is InChI=1S/C18H27NO2/c1-12-4-5-14(6-12)10-19-11-16-9-18-15(7-13(2)21-18)8-17(16)20-3/h8-9,12-14,19H,4-7,10-11H2,1-3H3. The molecule has 0 spiro atoms. The number of nitrogens with one attached hydrogen (secondary N) is 1. The van der Waals surface area contributed by atoms with Crippen LogP contribution in [0.5, 0.6) is 11.5 Å². The highest BCUT2D eigenvalue weighted by atomic mass is 16.5. The lowest BCUT2D eigenvalue weighted by Gasteiger charge is -2.14. The first-order valence-corrected chi connectivity index (χ1v) is 8.23. The molecule has 0 radical (unpaired) electrons. The molecule has 1 N–H and O–H groups in total. The molecule has 1 saturated carbocycles. The summed E-state index contributed by atoms with van der Waals surface area (Å²) in [7, 11) is 1.75. The molecule has 1 heterocycles. The Morgan fingerprint density at radius 2 is 2.14 bits per heavy atom. The fraction of sp³-hybridized carbons (Fsp3) is 0.667. The third-order valence-electron chi connectivity index (χ3n) is 4.85. The van der Waals surface area contributed by atoms with Gasteiger partial charge in [-0.1, -0.05) is 13.3 Å². The molecular weight excluding hydrogens is 262 g/mol. The van der Waals surface area contributed by atoms with Crippen molar-refractivity contribution in [1.29, 1.82) is 0 Å². The Morgan fingerprint density at radius 1 is 1.29 bits per heavy atom. The first-order chi connectivity index (χ1) is 10.2. The maximum atomic E-state index is 5.86. The molecule has 0 amide bonds. The average molecular weight is 289 g/mol. The predicted octanol–water partition coefficient (Wildman–Crippen LogP) is 3.54. The van der Waals surface area contributed by atoms with Crippen molar-refractivity contribution in [3.05, 3.63) is 23.3 Å². The Labute approximate surface area is 128 Å². The van der Waals surface area contributed by atoms with Gasteiger partial charge in [0.15, 0.2) is 0 Å². The Morgan fingerprint density at radius 3 is 2.86 bits per heavy atom. The van der Waals surface area contributed by atoms with Gasteiger partial charge in [-0.25, -0.2) is 0 Å². The third kappa shape index (κ3) is 3.34. The van der Waals surface area contributed by atoms with Gasteiger partial charge in [0.1, 0.15) is 17.6 Å². The van der Waals surface area contributed by atoms with Crippen molar-refractivity contribution < 1.29 is 9.47 Å². The van der Waals surface area contributed by atoms with E-state index in [-0.39, 0.29) is 6.10 Å². The van der Waals surface area contributed by atoms with Crippen LogP contribution >= 0.6 is 0 Å². The molecule has 3 rings (SSSR count). The summed E-state index contributed by atoms with van der Waals surface area (Å²) in [6.07, 6.45) is 5.40. The number of ether oxygens (including phenoxy) is 2. The molecule has 1 aromatic rings. The van der Waals surface area contributed by atoms with Crippen molar-refractivity contribution in [1.82, 2.24) is 5.32 Å². The smallest absolute Gasteiger partial charge is 0.123 e. The van der Waals surface area contributed by atoms with Crippen molar-refractivity contribution in [3.8, 4) is 11.5 Å². The summed E-state index contributed by atoms with van der Waals surface area (Å²) in [5.41, 5.74) is 2.48. The first-order valence-electron chi connectivity index (χ1n) is 8.23. The van der Waals surface area contributed by atoms with E-state index in [1.165, 1.54) is 30.4 Å². The van der Waals surface area contributed by atoms with Gasteiger partial charge in [-0.15, -0.1) is 0 Å². The van der Waals surface area contributed by atoms with Gasteiger partial charge in [0.25, 0.3) is 0 Å². The second-order valence-corrected chi connectivity index (χ2v) is 6.82. The molecule has 0 bridgehead atoms. The fourth-order valence-corrected chi connectivity index (χ4v) is 3.73. The van der Waals surface area contributed by atoms with Crippen LogP contribution in [0, 0.1) is 11.8 Å². The minimum Gasteiger partial charge on any atom is -0.496 e. The number of rotatable bonds is 5. The van der Waals surface area contributed by atoms with Crippen LogP contribution in [0.2, 0.25) is 0 Å². The van der Waals surface area contributed by atoms with E-state index in [0.29, 0.717) is 0 Å². The number of fused-ring (bicyclic) bond motifs is 1. The summed E-state index contributed by atoms with van der Waals surface area (Å²) in [6.45, 7) is 6.45. The molecule has 1 aliphatic carbocycles. The van der Waals surface area contributed by atoms with E-state index in [4.69, 9.17) is 9.47 Å². The zero-order valence-corrected chi connectivity index (χ0v) is 13.4. The Kier molecular flexibility index (Phi) is 4.39. The lowest BCUT2D eigenvalue weighted by atomic mass is 10.0. The van der Waals surface area contributed by atoms with Crippen molar-refractivity contribution >= 4 is 0 Å². The molecule has 3 heteroatoms. The molecule has 0 saturated heterocycles. The second kappa shape index (κ2) is 6.27. The zero-order valence-electron chi connectivity index (χ0n) is 13.4. The third-order valence-corrected chi connectivity index (χ3v) is 4.85. The quantitative estimate of drug-likeness (QED) is 0.899. The molecule has 3 nitrogen and oxygen atoms in total. The molecule has 0 aromatic heterocycles. The van der Waals surface area contributed by atoms with Crippen LogP contribution in [0.1, 0.15) is 44.2 Å². The summed E-state index contributed by atoms with van der Waals surface area (Å²) >= 11 is 0.